The lowest BCUT2D eigenvalue weighted by atomic mass is 9.98. The van der Waals surface area contributed by atoms with Gasteiger partial charge in [-0.05, 0) is 58.4 Å². The number of anilines is 1. The van der Waals surface area contributed by atoms with Crippen LogP contribution in [0.25, 0.3) is 11.1 Å². The summed E-state index contributed by atoms with van der Waals surface area (Å²) in [6, 6.07) is 22.7. The smallest absolute Gasteiger partial charge is 0.407 e. The van der Waals surface area contributed by atoms with Crippen LogP contribution in [0.3, 0.4) is 0 Å². The summed E-state index contributed by atoms with van der Waals surface area (Å²) in [5, 5.41) is 15.4. The number of nitrogens with one attached hydrogen (secondary N) is 2. The number of carbonyl (C=O) groups is 1. The molecule has 6 heteroatoms. The number of hydrogen-bond acceptors (Lipinski definition) is 5. The first-order valence-corrected chi connectivity index (χ1v) is 12.4. The Morgan fingerprint density at radius 3 is 2.51 bits per heavy atom. The van der Waals surface area contributed by atoms with Crippen molar-refractivity contribution in [1.29, 1.82) is 0 Å². The highest BCUT2D eigenvalue weighted by Gasteiger charge is 2.29. The normalized spacial score (nSPS) is 16.6. The quantitative estimate of drug-likeness (QED) is 0.410. The van der Waals surface area contributed by atoms with Crippen molar-refractivity contribution in [2.75, 3.05) is 31.6 Å². The number of aliphatic hydroxyl groups excluding tert-OH is 1. The zero-order valence-corrected chi connectivity index (χ0v) is 20.0. The molecule has 2 atom stereocenters. The number of aliphatic hydroxyl groups is 1. The van der Waals surface area contributed by atoms with Crippen molar-refractivity contribution >= 4 is 11.8 Å². The third-order valence-corrected chi connectivity index (χ3v) is 6.90. The molecule has 2 aliphatic rings. The van der Waals surface area contributed by atoms with Crippen LogP contribution in [0.1, 0.15) is 36.0 Å². The molecule has 182 valence electrons. The maximum absolute atomic E-state index is 12.5. The van der Waals surface area contributed by atoms with Gasteiger partial charge in [0, 0.05) is 31.2 Å². The maximum atomic E-state index is 12.5. The van der Waals surface area contributed by atoms with Gasteiger partial charge in [-0.25, -0.2) is 4.79 Å². The van der Waals surface area contributed by atoms with Crippen LogP contribution < -0.4 is 15.4 Å². The third-order valence-electron chi connectivity index (χ3n) is 6.90. The topological polar surface area (TPSA) is 79.8 Å². The average molecular weight is 473 g/mol. The summed E-state index contributed by atoms with van der Waals surface area (Å²) >= 11 is 0. The molecule has 0 bridgehead atoms. The Bertz CT molecular complexity index is 1150. The average Bonchev–Trinajstić information content (AvgIpc) is 3.43. The summed E-state index contributed by atoms with van der Waals surface area (Å²) in [6.45, 7) is 3.83. The van der Waals surface area contributed by atoms with Crippen molar-refractivity contribution in [1.82, 2.24) is 5.32 Å². The van der Waals surface area contributed by atoms with Crippen LogP contribution in [0.2, 0.25) is 0 Å². The Balaban J connectivity index is 1.11. The van der Waals surface area contributed by atoms with Crippen LogP contribution >= 0.6 is 0 Å². The van der Waals surface area contributed by atoms with Crippen molar-refractivity contribution in [2.45, 2.75) is 31.8 Å². The van der Waals surface area contributed by atoms with Crippen molar-refractivity contribution in [3.63, 3.8) is 0 Å². The fourth-order valence-electron chi connectivity index (χ4n) is 5.01. The molecule has 3 N–H and O–H groups in total. The number of hydrogen-bond donors (Lipinski definition) is 3. The van der Waals surface area contributed by atoms with Gasteiger partial charge in [0.05, 0.1) is 6.54 Å². The molecule has 1 aliphatic heterocycles. The summed E-state index contributed by atoms with van der Waals surface area (Å²) in [7, 11) is 0. The molecular weight excluding hydrogens is 440 g/mol. The number of fused-ring (bicyclic) bond motifs is 4. The highest BCUT2D eigenvalue weighted by molar-refractivity contribution is 5.79. The molecule has 0 saturated carbocycles. The van der Waals surface area contributed by atoms with Crippen molar-refractivity contribution < 1.29 is 19.4 Å². The molecule has 6 nitrogen and oxygen atoms in total. The summed E-state index contributed by atoms with van der Waals surface area (Å²) in [5.41, 5.74) is 7.00. The Labute approximate surface area is 206 Å². The number of benzene rings is 3. The summed E-state index contributed by atoms with van der Waals surface area (Å²) in [6.07, 6.45) is 0.978. The second kappa shape index (κ2) is 10.4. The minimum atomic E-state index is -0.424. The standard InChI is InChI=1S/C29H32N2O4/c1-19(12-13-32)16-30-21-10-11-28-20(14-21)15-22(35-28)17-31-29(33)34-18-27-25-8-4-2-6-23(25)24-7-3-5-9-26(24)27/h2-11,14,19,22,27,30,32H,12-13,15-18H2,1H3,(H,31,33). The third kappa shape index (κ3) is 5.13. The zero-order valence-electron chi connectivity index (χ0n) is 20.0. The Kier molecular flexibility index (Phi) is 6.91. The van der Waals surface area contributed by atoms with E-state index in [1.54, 1.807) is 0 Å². The molecule has 1 heterocycles. The predicted octanol–water partition coefficient (Wildman–Crippen LogP) is 4.96. The molecule has 1 amide bonds. The first-order valence-electron chi connectivity index (χ1n) is 12.4. The number of ether oxygens (including phenoxy) is 2. The van der Waals surface area contributed by atoms with E-state index in [2.05, 4.69) is 47.9 Å². The molecule has 3 aromatic rings. The van der Waals surface area contributed by atoms with Gasteiger partial charge in [0.25, 0.3) is 0 Å². The zero-order chi connectivity index (χ0) is 24.2. The molecule has 1 aliphatic carbocycles. The van der Waals surface area contributed by atoms with Gasteiger partial charge in [0.2, 0.25) is 0 Å². The van der Waals surface area contributed by atoms with E-state index in [-0.39, 0.29) is 18.6 Å². The van der Waals surface area contributed by atoms with Crippen molar-refractivity contribution in [3.05, 3.63) is 83.4 Å². The lowest BCUT2D eigenvalue weighted by Gasteiger charge is -2.16. The highest BCUT2D eigenvalue weighted by Crippen LogP contribution is 2.44. The molecule has 0 fully saturated rings. The summed E-state index contributed by atoms with van der Waals surface area (Å²) in [4.78, 5) is 12.5. The minimum absolute atomic E-state index is 0.0474. The number of alkyl carbamates (subject to hydrolysis) is 1. The first-order chi connectivity index (χ1) is 17.1. The lowest BCUT2D eigenvalue weighted by Crippen LogP contribution is -2.35. The van der Waals surface area contributed by atoms with Gasteiger partial charge in [-0.3, -0.25) is 0 Å². The minimum Gasteiger partial charge on any atom is -0.488 e. The van der Waals surface area contributed by atoms with Crippen molar-refractivity contribution in [3.8, 4) is 16.9 Å². The predicted molar refractivity (Wildman–Crippen MR) is 137 cm³/mol. The molecule has 0 radical (unpaired) electrons. The maximum Gasteiger partial charge on any atom is 0.407 e. The van der Waals surface area contributed by atoms with Crippen LogP contribution in [0, 0.1) is 5.92 Å². The van der Waals surface area contributed by atoms with E-state index in [1.165, 1.54) is 22.3 Å². The number of carbonyl (C=O) groups excluding carboxylic acids is 1. The molecule has 35 heavy (non-hydrogen) atoms. The van der Waals surface area contributed by atoms with Gasteiger partial charge >= 0.3 is 6.09 Å². The van der Waals surface area contributed by atoms with E-state index >= 15 is 0 Å². The fourth-order valence-corrected chi connectivity index (χ4v) is 5.01. The second-order valence-corrected chi connectivity index (χ2v) is 9.47. The fraction of sp³-hybridized carbons (Fsp3) is 0.345. The van der Waals surface area contributed by atoms with Crippen LogP contribution in [0.15, 0.2) is 66.7 Å². The Hall–Kier alpha value is -3.51. The van der Waals surface area contributed by atoms with Gasteiger partial charge in [-0.1, -0.05) is 55.5 Å². The monoisotopic (exact) mass is 472 g/mol. The van der Waals surface area contributed by atoms with Gasteiger partial charge in [-0.2, -0.15) is 0 Å². The Morgan fingerprint density at radius 2 is 1.80 bits per heavy atom. The Morgan fingerprint density at radius 1 is 1.09 bits per heavy atom. The van der Waals surface area contributed by atoms with Crippen LogP contribution in [-0.2, 0) is 11.2 Å². The SMILES string of the molecule is CC(CCO)CNc1ccc2c(c1)CC(CNC(=O)OCC1c3ccccc3-c3ccccc31)O2. The summed E-state index contributed by atoms with van der Waals surface area (Å²) < 4.78 is 11.7. The highest BCUT2D eigenvalue weighted by atomic mass is 16.5. The molecule has 5 rings (SSSR count). The second-order valence-electron chi connectivity index (χ2n) is 9.47. The molecular formula is C29H32N2O4. The van der Waals surface area contributed by atoms with E-state index in [1.807, 2.05) is 36.4 Å². The van der Waals surface area contributed by atoms with Gasteiger partial charge in [-0.15, -0.1) is 0 Å². The van der Waals surface area contributed by atoms with E-state index < -0.39 is 6.09 Å². The van der Waals surface area contributed by atoms with Gasteiger partial charge < -0.3 is 25.2 Å². The van der Waals surface area contributed by atoms with E-state index in [0.29, 0.717) is 19.1 Å². The lowest BCUT2D eigenvalue weighted by molar-refractivity contribution is 0.136. The largest absolute Gasteiger partial charge is 0.488 e. The van der Waals surface area contributed by atoms with Gasteiger partial charge in [0.1, 0.15) is 18.5 Å². The van der Waals surface area contributed by atoms with Crippen LogP contribution in [0.4, 0.5) is 10.5 Å². The molecule has 2 unspecified atom stereocenters. The van der Waals surface area contributed by atoms with Crippen LogP contribution in [0.5, 0.6) is 5.75 Å². The van der Waals surface area contributed by atoms with Gasteiger partial charge in [0.15, 0.2) is 0 Å². The molecule has 0 spiro atoms. The van der Waals surface area contributed by atoms with Crippen molar-refractivity contribution in [2.24, 2.45) is 5.92 Å². The molecule has 0 saturated heterocycles. The molecule has 0 aromatic heterocycles. The van der Waals surface area contributed by atoms with E-state index in [4.69, 9.17) is 14.6 Å². The van der Waals surface area contributed by atoms with Crippen LogP contribution in [-0.4, -0.2) is 43.6 Å². The first kappa shape index (κ1) is 23.2. The van der Waals surface area contributed by atoms with E-state index in [0.717, 1.165) is 36.4 Å². The summed E-state index contributed by atoms with van der Waals surface area (Å²) in [5.74, 6) is 1.31. The number of rotatable bonds is 9. The number of amides is 1. The molecule has 3 aromatic carbocycles. The van der Waals surface area contributed by atoms with E-state index in [9.17, 15) is 4.79 Å².